The van der Waals surface area contributed by atoms with Gasteiger partial charge >= 0.3 is 5.97 Å². The van der Waals surface area contributed by atoms with E-state index < -0.39 is 5.97 Å². The van der Waals surface area contributed by atoms with Gasteiger partial charge in [0.05, 0.1) is 11.3 Å². The van der Waals surface area contributed by atoms with Gasteiger partial charge in [-0.15, -0.1) is 0 Å². The number of anilines is 1. The maximum absolute atomic E-state index is 11.9. The summed E-state index contributed by atoms with van der Waals surface area (Å²) in [4.78, 5) is 23.0. The van der Waals surface area contributed by atoms with Crippen molar-refractivity contribution < 1.29 is 14.7 Å². The molecule has 0 aliphatic heterocycles. The molecule has 1 aromatic carbocycles. The van der Waals surface area contributed by atoms with Crippen LogP contribution in [-0.4, -0.2) is 17.0 Å². The number of benzene rings is 1. The highest BCUT2D eigenvalue weighted by Gasteiger charge is 2.17. The summed E-state index contributed by atoms with van der Waals surface area (Å²) < 4.78 is 0.730. The molecule has 0 spiro atoms. The van der Waals surface area contributed by atoms with Gasteiger partial charge in [0.15, 0.2) is 0 Å². The number of carboxylic acids is 1. The van der Waals surface area contributed by atoms with Crippen molar-refractivity contribution in [3.05, 3.63) is 40.4 Å². The van der Waals surface area contributed by atoms with Crippen LogP contribution >= 0.6 is 15.9 Å². The van der Waals surface area contributed by atoms with Crippen LogP contribution < -0.4 is 5.32 Å². The number of hydrogen-bond acceptors (Lipinski definition) is 2. The molecule has 1 amide bonds. The molecular weight excluding hydrogens is 310 g/mol. The second kappa shape index (κ2) is 6.02. The fourth-order valence-corrected chi connectivity index (χ4v) is 2.47. The number of allylic oxidation sites excluding steroid dienone is 2. The highest BCUT2D eigenvalue weighted by atomic mass is 79.9. The number of halogens is 1. The second-order valence-corrected chi connectivity index (χ2v) is 5.43. The Morgan fingerprint density at radius 3 is 2.84 bits per heavy atom. The summed E-state index contributed by atoms with van der Waals surface area (Å²) in [5, 5.41) is 11.8. The molecule has 0 saturated carbocycles. The van der Waals surface area contributed by atoms with E-state index in [1.807, 2.05) is 6.08 Å². The van der Waals surface area contributed by atoms with E-state index in [9.17, 15) is 9.59 Å². The molecule has 0 aromatic heterocycles. The Bertz CT molecular complexity index is 539. The topological polar surface area (TPSA) is 66.4 Å². The summed E-state index contributed by atoms with van der Waals surface area (Å²) in [7, 11) is 0. The second-order valence-electron chi connectivity index (χ2n) is 4.51. The number of hydrogen-bond donors (Lipinski definition) is 2. The zero-order valence-electron chi connectivity index (χ0n) is 10.2. The number of amides is 1. The number of nitrogens with one attached hydrogen (secondary N) is 1. The first-order chi connectivity index (χ1) is 9.06. The van der Waals surface area contributed by atoms with E-state index in [0.29, 0.717) is 12.1 Å². The maximum Gasteiger partial charge on any atom is 0.337 e. The van der Waals surface area contributed by atoms with Gasteiger partial charge in [-0.05, 0) is 37.0 Å². The van der Waals surface area contributed by atoms with Gasteiger partial charge in [-0.1, -0.05) is 28.1 Å². The van der Waals surface area contributed by atoms with Crippen LogP contribution in [0, 0.1) is 5.92 Å². The predicted molar refractivity (Wildman–Crippen MR) is 76.2 cm³/mol. The molecule has 0 fully saturated rings. The van der Waals surface area contributed by atoms with E-state index in [4.69, 9.17) is 5.11 Å². The minimum absolute atomic E-state index is 0.0958. The van der Waals surface area contributed by atoms with Crippen molar-refractivity contribution in [3.8, 4) is 0 Å². The molecule has 0 bridgehead atoms. The highest BCUT2D eigenvalue weighted by molar-refractivity contribution is 9.10. The van der Waals surface area contributed by atoms with Crippen LogP contribution in [0.1, 0.15) is 29.6 Å². The molecule has 2 N–H and O–H groups in total. The molecule has 4 nitrogen and oxygen atoms in total. The Hall–Kier alpha value is -1.62. The van der Waals surface area contributed by atoms with Crippen LogP contribution in [0.5, 0.6) is 0 Å². The summed E-state index contributed by atoms with van der Waals surface area (Å²) >= 11 is 3.27. The van der Waals surface area contributed by atoms with E-state index in [2.05, 4.69) is 27.3 Å². The van der Waals surface area contributed by atoms with Crippen molar-refractivity contribution in [2.75, 3.05) is 5.32 Å². The molecule has 1 aliphatic carbocycles. The maximum atomic E-state index is 11.9. The zero-order valence-corrected chi connectivity index (χ0v) is 11.8. The number of carboxylic acid groups (broad SMARTS) is 1. The lowest BCUT2D eigenvalue weighted by Gasteiger charge is -2.11. The van der Waals surface area contributed by atoms with Gasteiger partial charge in [0.25, 0.3) is 0 Å². The lowest BCUT2D eigenvalue weighted by Crippen LogP contribution is -2.17. The largest absolute Gasteiger partial charge is 0.478 e. The summed E-state index contributed by atoms with van der Waals surface area (Å²) in [5.41, 5.74) is 0.423. The summed E-state index contributed by atoms with van der Waals surface area (Å²) in [6.45, 7) is 0. The van der Waals surface area contributed by atoms with Gasteiger partial charge in [-0.2, -0.15) is 0 Å². The Morgan fingerprint density at radius 1 is 1.42 bits per heavy atom. The number of rotatable bonds is 4. The fourth-order valence-electron chi connectivity index (χ4n) is 2.11. The molecular formula is C14H14BrNO3. The first kappa shape index (κ1) is 13.8. The Balaban J connectivity index is 2.08. The average Bonchev–Trinajstić information content (AvgIpc) is 2.81. The summed E-state index contributed by atoms with van der Waals surface area (Å²) in [5.74, 6) is -0.943. The standard InChI is InChI=1S/C14H14BrNO3/c15-10-5-6-11(14(18)19)12(8-10)16-13(17)7-9-3-1-2-4-9/h1,3,5-6,8-9H,2,4,7H2,(H,16,17)(H,18,19). The Morgan fingerprint density at radius 2 is 2.21 bits per heavy atom. The van der Waals surface area contributed by atoms with Crippen molar-refractivity contribution in [1.29, 1.82) is 0 Å². The van der Waals surface area contributed by atoms with Gasteiger partial charge in [0.2, 0.25) is 5.91 Å². The van der Waals surface area contributed by atoms with Crippen molar-refractivity contribution in [2.45, 2.75) is 19.3 Å². The fraction of sp³-hybridized carbons (Fsp3) is 0.286. The van der Waals surface area contributed by atoms with E-state index in [-0.39, 0.29) is 17.4 Å². The highest BCUT2D eigenvalue weighted by Crippen LogP contribution is 2.24. The van der Waals surface area contributed by atoms with E-state index in [1.165, 1.54) is 6.07 Å². The molecule has 1 aliphatic rings. The van der Waals surface area contributed by atoms with Crippen LogP contribution in [0.2, 0.25) is 0 Å². The molecule has 5 heteroatoms. The molecule has 0 saturated heterocycles. The molecule has 1 unspecified atom stereocenters. The Labute approximate surface area is 119 Å². The third kappa shape index (κ3) is 3.67. The minimum atomic E-state index is -1.05. The third-order valence-corrected chi connectivity index (χ3v) is 3.54. The molecule has 1 aromatic rings. The van der Waals surface area contributed by atoms with Crippen molar-refractivity contribution in [1.82, 2.24) is 0 Å². The molecule has 2 rings (SSSR count). The van der Waals surface area contributed by atoms with Crippen LogP contribution in [0.4, 0.5) is 5.69 Å². The summed E-state index contributed by atoms with van der Waals surface area (Å²) in [6, 6.07) is 4.71. The van der Waals surface area contributed by atoms with Crippen LogP contribution in [-0.2, 0) is 4.79 Å². The molecule has 100 valence electrons. The monoisotopic (exact) mass is 323 g/mol. The molecule has 0 radical (unpaired) electrons. The average molecular weight is 324 g/mol. The van der Waals surface area contributed by atoms with Crippen LogP contribution in [0.15, 0.2) is 34.8 Å². The quantitative estimate of drug-likeness (QED) is 0.834. The van der Waals surface area contributed by atoms with E-state index in [1.54, 1.807) is 12.1 Å². The Kier molecular flexibility index (Phi) is 4.37. The normalized spacial score (nSPS) is 17.4. The molecule has 19 heavy (non-hydrogen) atoms. The zero-order chi connectivity index (χ0) is 13.8. The first-order valence-corrected chi connectivity index (χ1v) is 6.85. The SMILES string of the molecule is O=C(CC1C=CCC1)Nc1cc(Br)ccc1C(=O)O. The number of carbonyl (C=O) groups is 2. The van der Waals surface area contributed by atoms with Gasteiger partial charge in [0.1, 0.15) is 0 Å². The number of carbonyl (C=O) groups excluding carboxylic acids is 1. The van der Waals surface area contributed by atoms with Crippen molar-refractivity contribution >= 4 is 33.5 Å². The van der Waals surface area contributed by atoms with Gasteiger partial charge in [0, 0.05) is 10.9 Å². The van der Waals surface area contributed by atoms with Crippen molar-refractivity contribution in [3.63, 3.8) is 0 Å². The molecule has 0 heterocycles. The number of aromatic carboxylic acids is 1. The van der Waals surface area contributed by atoms with Crippen LogP contribution in [0.3, 0.4) is 0 Å². The lowest BCUT2D eigenvalue weighted by atomic mass is 10.0. The summed E-state index contributed by atoms with van der Waals surface area (Å²) in [6.07, 6.45) is 6.49. The molecule has 1 atom stereocenters. The van der Waals surface area contributed by atoms with Gasteiger partial charge < -0.3 is 10.4 Å². The van der Waals surface area contributed by atoms with Crippen LogP contribution in [0.25, 0.3) is 0 Å². The van der Waals surface area contributed by atoms with Gasteiger partial charge in [-0.25, -0.2) is 4.79 Å². The van der Waals surface area contributed by atoms with Gasteiger partial charge in [-0.3, -0.25) is 4.79 Å². The smallest absolute Gasteiger partial charge is 0.337 e. The van der Waals surface area contributed by atoms with E-state index in [0.717, 1.165) is 17.3 Å². The lowest BCUT2D eigenvalue weighted by molar-refractivity contribution is -0.116. The first-order valence-electron chi connectivity index (χ1n) is 6.05. The third-order valence-electron chi connectivity index (χ3n) is 3.05. The predicted octanol–water partition coefficient (Wildman–Crippen LogP) is 3.44. The van der Waals surface area contributed by atoms with Crippen molar-refractivity contribution in [2.24, 2.45) is 5.92 Å². The minimum Gasteiger partial charge on any atom is -0.478 e. The van der Waals surface area contributed by atoms with E-state index >= 15 is 0 Å².